The molecule has 16 heavy (non-hydrogen) atoms. The van der Waals surface area contributed by atoms with E-state index in [1.165, 1.54) is 0 Å². The van der Waals surface area contributed by atoms with Crippen LogP contribution in [0, 0.1) is 18.3 Å². The number of nitrogen functional groups attached to an aromatic ring is 1. The Kier molecular flexibility index (Phi) is 4.16. The molecule has 0 aliphatic rings. The number of aryl methyl sites for hydroxylation is 1. The molecule has 1 aromatic carbocycles. The Morgan fingerprint density at radius 3 is 3.06 bits per heavy atom. The third-order valence-corrected chi connectivity index (χ3v) is 1.94. The topological polar surface area (TPSA) is 88.1 Å². The van der Waals surface area contributed by atoms with Gasteiger partial charge in [-0.25, -0.2) is 0 Å². The lowest BCUT2D eigenvalue weighted by atomic mass is 10.2. The van der Waals surface area contributed by atoms with E-state index in [0.29, 0.717) is 11.4 Å². The van der Waals surface area contributed by atoms with Crippen molar-refractivity contribution in [2.24, 2.45) is 0 Å². The van der Waals surface area contributed by atoms with Gasteiger partial charge in [0.15, 0.2) is 6.61 Å². The highest BCUT2D eigenvalue weighted by Crippen LogP contribution is 2.20. The predicted octanol–water partition coefficient (Wildman–Crippen LogP) is 0.596. The Balaban J connectivity index is 2.51. The van der Waals surface area contributed by atoms with Gasteiger partial charge in [-0.1, -0.05) is 6.07 Å². The van der Waals surface area contributed by atoms with E-state index >= 15 is 0 Å². The van der Waals surface area contributed by atoms with Gasteiger partial charge in [-0.3, -0.25) is 4.79 Å². The van der Waals surface area contributed by atoms with E-state index in [1.807, 2.05) is 19.1 Å². The summed E-state index contributed by atoms with van der Waals surface area (Å²) in [6.07, 6.45) is 0. The summed E-state index contributed by atoms with van der Waals surface area (Å²) < 4.78 is 5.27. The highest BCUT2D eigenvalue weighted by atomic mass is 16.5. The quantitative estimate of drug-likeness (QED) is 0.573. The van der Waals surface area contributed by atoms with E-state index < -0.39 is 0 Å². The van der Waals surface area contributed by atoms with Crippen molar-refractivity contribution in [1.29, 1.82) is 5.26 Å². The number of nitrogens with two attached hydrogens (primary N) is 1. The smallest absolute Gasteiger partial charge is 0.258 e. The monoisotopic (exact) mass is 219 g/mol. The molecule has 1 rings (SSSR count). The van der Waals surface area contributed by atoms with Crippen LogP contribution >= 0.6 is 0 Å². The summed E-state index contributed by atoms with van der Waals surface area (Å²) in [5.74, 6) is 0.246. The zero-order valence-electron chi connectivity index (χ0n) is 8.99. The third-order valence-electron chi connectivity index (χ3n) is 1.94. The number of carbonyl (C=O) groups excluding carboxylic acids is 1. The van der Waals surface area contributed by atoms with Crippen molar-refractivity contribution in [1.82, 2.24) is 5.32 Å². The molecule has 0 aromatic heterocycles. The molecule has 1 aromatic rings. The standard InChI is InChI=1S/C11H13N3O2/c1-8-2-3-9(13)6-10(8)16-7-11(15)14-5-4-12/h2-3,6H,5,7,13H2,1H3,(H,14,15). The average Bonchev–Trinajstić information content (AvgIpc) is 2.27. The summed E-state index contributed by atoms with van der Waals surface area (Å²) in [6.45, 7) is 1.73. The fourth-order valence-electron chi connectivity index (χ4n) is 1.10. The molecule has 0 fully saturated rings. The second kappa shape index (κ2) is 5.61. The number of carbonyl (C=O) groups is 1. The average molecular weight is 219 g/mol. The number of amides is 1. The lowest BCUT2D eigenvalue weighted by Gasteiger charge is -2.09. The predicted molar refractivity (Wildman–Crippen MR) is 59.7 cm³/mol. The van der Waals surface area contributed by atoms with Crippen molar-refractivity contribution in [2.75, 3.05) is 18.9 Å². The maximum absolute atomic E-state index is 11.2. The molecule has 0 bridgehead atoms. The molecule has 0 aliphatic carbocycles. The van der Waals surface area contributed by atoms with E-state index in [0.717, 1.165) is 5.56 Å². The van der Waals surface area contributed by atoms with Crippen LogP contribution in [0.5, 0.6) is 5.75 Å². The Labute approximate surface area is 93.8 Å². The number of benzene rings is 1. The van der Waals surface area contributed by atoms with Gasteiger partial charge in [-0.2, -0.15) is 5.26 Å². The van der Waals surface area contributed by atoms with Crippen LogP contribution in [0.4, 0.5) is 5.69 Å². The van der Waals surface area contributed by atoms with E-state index in [9.17, 15) is 4.79 Å². The molecule has 84 valence electrons. The number of nitrogens with one attached hydrogen (secondary N) is 1. The second-order valence-corrected chi connectivity index (χ2v) is 3.25. The molecular weight excluding hydrogens is 206 g/mol. The normalized spacial score (nSPS) is 9.25. The molecule has 0 radical (unpaired) electrons. The molecule has 0 aliphatic heterocycles. The van der Waals surface area contributed by atoms with Gasteiger partial charge in [0.2, 0.25) is 0 Å². The van der Waals surface area contributed by atoms with E-state index in [2.05, 4.69) is 5.32 Å². The zero-order chi connectivity index (χ0) is 12.0. The van der Waals surface area contributed by atoms with Crippen LogP contribution in [0.3, 0.4) is 0 Å². The molecular formula is C11H13N3O2. The molecule has 1 amide bonds. The largest absolute Gasteiger partial charge is 0.483 e. The summed E-state index contributed by atoms with van der Waals surface area (Å²) in [6, 6.07) is 7.05. The molecule has 0 saturated carbocycles. The minimum Gasteiger partial charge on any atom is -0.483 e. The van der Waals surface area contributed by atoms with Crippen molar-refractivity contribution in [2.45, 2.75) is 6.92 Å². The maximum atomic E-state index is 11.2. The van der Waals surface area contributed by atoms with E-state index in [4.69, 9.17) is 15.7 Å². The van der Waals surface area contributed by atoms with Gasteiger partial charge in [0.1, 0.15) is 12.3 Å². The first kappa shape index (κ1) is 11.9. The van der Waals surface area contributed by atoms with Crippen molar-refractivity contribution in [3.63, 3.8) is 0 Å². The summed E-state index contributed by atoms with van der Waals surface area (Å²) in [5, 5.41) is 10.6. The fourth-order valence-corrected chi connectivity index (χ4v) is 1.10. The summed E-state index contributed by atoms with van der Waals surface area (Å²) in [4.78, 5) is 11.2. The minimum absolute atomic E-state index is 0.0158. The van der Waals surface area contributed by atoms with Crippen LogP contribution in [-0.2, 0) is 4.79 Å². The Bertz CT molecular complexity index is 424. The Morgan fingerprint density at radius 2 is 2.38 bits per heavy atom. The van der Waals surface area contributed by atoms with Gasteiger partial charge in [-0.15, -0.1) is 0 Å². The first-order chi connectivity index (χ1) is 7.63. The second-order valence-electron chi connectivity index (χ2n) is 3.25. The number of nitrogens with zero attached hydrogens (tertiary/aromatic N) is 1. The number of hydrogen-bond donors (Lipinski definition) is 2. The van der Waals surface area contributed by atoms with Crippen molar-refractivity contribution in [3.05, 3.63) is 23.8 Å². The molecule has 3 N–H and O–H groups in total. The summed E-state index contributed by atoms with van der Waals surface area (Å²) in [5.41, 5.74) is 7.08. The Morgan fingerprint density at radius 1 is 1.62 bits per heavy atom. The third kappa shape index (κ3) is 3.50. The molecule has 0 unspecified atom stereocenters. The first-order valence-corrected chi connectivity index (χ1v) is 4.76. The van der Waals surface area contributed by atoms with Gasteiger partial charge in [-0.05, 0) is 18.6 Å². The molecule has 5 heteroatoms. The van der Waals surface area contributed by atoms with Gasteiger partial charge < -0.3 is 15.8 Å². The SMILES string of the molecule is Cc1ccc(N)cc1OCC(=O)NCC#N. The molecule has 0 spiro atoms. The highest BCUT2D eigenvalue weighted by molar-refractivity contribution is 5.77. The van der Waals surface area contributed by atoms with E-state index in [-0.39, 0.29) is 19.1 Å². The van der Waals surface area contributed by atoms with Crippen molar-refractivity contribution >= 4 is 11.6 Å². The van der Waals surface area contributed by atoms with Crippen LogP contribution in [0.25, 0.3) is 0 Å². The fraction of sp³-hybridized carbons (Fsp3) is 0.273. The summed E-state index contributed by atoms with van der Waals surface area (Å²) in [7, 11) is 0. The highest BCUT2D eigenvalue weighted by Gasteiger charge is 2.04. The van der Waals surface area contributed by atoms with Crippen LogP contribution in [-0.4, -0.2) is 19.1 Å². The minimum atomic E-state index is -0.330. The van der Waals surface area contributed by atoms with Crippen LogP contribution in [0.2, 0.25) is 0 Å². The molecule has 0 atom stereocenters. The lowest BCUT2D eigenvalue weighted by molar-refractivity contribution is -0.122. The van der Waals surface area contributed by atoms with Gasteiger partial charge >= 0.3 is 0 Å². The molecule has 0 heterocycles. The van der Waals surface area contributed by atoms with Crippen molar-refractivity contribution in [3.8, 4) is 11.8 Å². The van der Waals surface area contributed by atoms with Gasteiger partial charge in [0, 0.05) is 11.8 Å². The molecule has 0 saturated heterocycles. The number of anilines is 1. The zero-order valence-corrected chi connectivity index (χ0v) is 8.99. The number of rotatable bonds is 4. The Hall–Kier alpha value is -2.22. The number of hydrogen-bond acceptors (Lipinski definition) is 4. The van der Waals surface area contributed by atoms with Crippen LogP contribution in [0.15, 0.2) is 18.2 Å². The first-order valence-electron chi connectivity index (χ1n) is 4.76. The van der Waals surface area contributed by atoms with E-state index in [1.54, 1.807) is 12.1 Å². The number of ether oxygens (including phenoxy) is 1. The van der Waals surface area contributed by atoms with Gasteiger partial charge in [0.25, 0.3) is 5.91 Å². The maximum Gasteiger partial charge on any atom is 0.258 e. The molecule has 5 nitrogen and oxygen atoms in total. The van der Waals surface area contributed by atoms with Crippen molar-refractivity contribution < 1.29 is 9.53 Å². The van der Waals surface area contributed by atoms with Crippen LogP contribution in [0.1, 0.15) is 5.56 Å². The lowest BCUT2D eigenvalue weighted by Crippen LogP contribution is -2.29. The number of nitriles is 1. The van der Waals surface area contributed by atoms with Crippen LogP contribution < -0.4 is 15.8 Å². The summed E-state index contributed by atoms with van der Waals surface area (Å²) >= 11 is 0. The van der Waals surface area contributed by atoms with Gasteiger partial charge in [0.05, 0.1) is 6.07 Å².